The first-order valence-corrected chi connectivity index (χ1v) is 6.64. The van der Waals surface area contributed by atoms with Crippen LogP contribution >= 0.6 is 0 Å². The zero-order valence-electron chi connectivity index (χ0n) is 10.0. The average molecular weight is 284 g/mol. The monoisotopic (exact) mass is 284 g/mol. The summed E-state index contributed by atoms with van der Waals surface area (Å²) in [7, 11) is -2.71. The number of nitrogens with zero attached hydrogens (tertiary/aromatic N) is 1. The Bertz CT molecular complexity index is 606. The molecular formula is C11H12N2O5S. The van der Waals surface area contributed by atoms with Crippen LogP contribution in [0.2, 0.25) is 0 Å². The van der Waals surface area contributed by atoms with E-state index in [1.54, 1.807) is 0 Å². The Labute approximate surface area is 110 Å². The highest BCUT2D eigenvalue weighted by molar-refractivity contribution is 7.89. The molecule has 1 rings (SSSR count). The van der Waals surface area contributed by atoms with Gasteiger partial charge in [-0.25, -0.2) is 17.9 Å². The highest BCUT2D eigenvalue weighted by atomic mass is 32.2. The Hall–Kier alpha value is -1.95. The third kappa shape index (κ3) is 4.03. The highest BCUT2D eigenvalue weighted by Gasteiger charge is 2.21. The lowest BCUT2D eigenvalue weighted by Gasteiger charge is -2.12. The summed E-state index contributed by atoms with van der Waals surface area (Å²) in [5, 5.41) is 17.4. The molecule has 0 aliphatic rings. The van der Waals surface area contributed by atoms with Gasteiger partial charge in [-0.1, -0.05) is 6.07 Å². The first kappa shape index (κ1) is 15.1. The number of hydrogen-bond donors (Lipinski definition) is 2. The first-order valence-electron chi connectivity index (χ1n) is 5.16. The van der Waals surface area contributed by atoms with E-state index in [-0.39, 0.29) is 10.5 Å². The summed E-state index contributed by atoms with van der Waals surface area (Å²) in [5.74, 6) is -1.27. The van der Waals surface area contributed by atoms with Crippen molar-refractivity contribution >= 4 is 16.0 Å². The van der Waals surface area contributed by atoms with E-state index in [0.29, 0.717) is 0 Å². The van der Waals surface area contributed by atoms with Gasteiger partial charge in [-0.2, -0.15) is 5.26 Å². The van der Waals surface area contributed by atoms with E-state index in [9.17, 15) is 13.2 Å². The number of carboxylic acids is 1. The summed E-state index contributed by atoms with van der Waals surface area (Å²) in [6, 6.07) is 7.23. The van der Waals surface area contributed by atoms with Gasteiger partial charge in [-0.05, 0) is 18.2 Å². The number of carboxylic acid groups (broad SMARTS) is 1. The van der Waals surface area contributed by atoms with Crippen LogP contribution in [0.1, 0.15) is 5.56 Å². The molecule has 1 aromatic rings. The number of benzene rings is 1. The quantitative estimate of drug-likeness (QED) is 0.755. The number of methoxy groups -OCH3 is 1. The molecule has 1 aromatic carbocycles. The maximum Gasteiger partial charge on any atom is 0.334 e. The number of aliphatic carboxylic acids is 1. The number of hydrogen-bond acceptors (Lipinski definition) is 5. The second-order valence-corrected chi connectivity index (χ2v) is 5.32. The minimum atomic E-state index is -3.88. The topological polar surface area (TPSA) is 116 Å². The normalized spacial score (nSPS) is 12.6. The molecule has 0 fully saturated rings. The Balaban J connectivity index is 2.87. The number of nitrogens with one attached hydrogen (secondary N) is 1. The van der Waals surface area contributed by atoms with Crippen LogP contribution < -0.4 is 4.72 Å². The van der Waals surface area contributed by atoms with E-state index in [1.807, 2.05) is 6.07 Å². The minimum absolute atomic E-state index is 0.105. The fourth-order valence-electron chi connectivity index (χ4n) is 1.27. The molecule has 0 bridgehead atoms. The molecule has 1 unspecified atom stereocenters. The fourth-order valence-corrected chi connectivity index (χ4v) is 2.35. The number of nitriles is 1. The van der Waals surface area contributed by atoms with Crippen molar-refractivity contribution in [3.63, 3.8) is 0 Å². The molecule has 102 valence electrons. The Morgan fingerprint density at radius 1 is 1.58 bits per heavy atom. The molecule has 19 heavy (non-hydrogen) atoms. The molecule has 0 radical (unpaired) electrons. The van der Waals surface area contributed by atoms with Crippen molar-refractivity contribution < 1.29 is 23.1 Å². The van der Waals surface area contributed by atoms with Crippen LogP contribution in [0.4, 0.5) is 0 Å². The van der Waals surface area contributed by atoms with Crippen LogP contribution in [0.15, 0.2) is 29.2 Å². The minimum Gasteiger partial charge on any atom is -0.479 e. The molecule has 0 aliphatic carbocycles. The zero-order valence-corrected chi connectivity index (χ0v) is 10.8. The molecule has 0 saturated heterocycles. The lowest BCUT2D eigenvalue weighted by molar-refractivity contribution is -0.147. The van der Waals surface area contributed by atoms with Gasteiger partial charge >= 0.3 is 5.97 Å². The molecule has 2 N–H and O–H groups in total. The molecule has 0 heterocycles. The molecule has 8 heteroatoms. The van der Waals surface area contributed by atoms with E-state index in [0.717, 1.165) is 0 Å². The standard InChI is InChI=1S/C11H12N2O5S/c1-18-10(11(14)15)7-13-19(16,17)9-4-2-3-8(5-9)6-12/h2-5,10,13H,7H2,1H3,(H,14,15). The smallest absolute Gasteiger partial charge is 0.334 e. The first-order chi connectivity index (χ1) is 8.90. The molecule has 0 spiro atoms. The molecule has 0 saturated carbocycles. The number of carbonyl (C=O) groups is 1. The zero-order chi connectivity index (χ0) is 14.5. The largest absolute Gasteiger partial charge is 0.479 e. The van der Waals surface area contributed by atoms with Gasteiger partial charge in [0.05, 0.1) is 16.5 Å². The maximum absolute atomic E-state index is 11.9. The number of sulfonamides is 1. The molecule has 0 aromatic heterocycles. The average Bonchev–Trinajstić information content (AvgIpc) is 2.39. The van der Waals surface area contributed by atoms with Crippen molar-refractivity contribution in [2.45, 2.75) is 11.0 Å². The lowest BCUT2D eigenvalue weighted by atomic mass is 10.2. The van der Waals surface area contributed by atoms with E-state index in [4.69, 9.17) is 10.4 Å². The SMILES string of the molecule is COC(CNS(=O)(=O)c1cccc(C#N)c1)C(=O)O. The van der Waals surface area contributed by atoms with Crippen LogP contribution in [0.5, 0.6) is 0 Å². The van der Waals surface area contributed by atoms with Crippen molar-refractivity contribution in [2.75, 3.05) is 13.7 Å². The van der Waals surface area contributed by atoms with E-state index < -0.39 is 28.6 Å². The predicted octanol–water partition coefficient (Wildman–Crippen LogP) is -0.0638. The van der Waals surface area contributed by atoms with Crippen molar-refractivity contribution in [2.24, 2.45) is 0 Å². The summed E-state index contributed by atoms with van der Waals surface area (Å²) < 4.78 is 30.5. The second kappa shape index (κ2) is 6.29. The van der Waals surface area contributed by atoms with E-state index >= 15 is 0 Å². The Morgan fingerprint density at radius 3 is 2.79 bits per heavy atom. The number of ether oxygens (including phenoxy) is 1. The Kier molecular flexibility index (Phi) is 5.00. The van der Waals surface area contributed by atoms with Crippen LogP contribution in [-0.2, 0) is 19.6 Å². The molecule has 0 amide bonds. The van der Waals surface area contributed by atoms with Crippen LogP contribution in [0.3, 0.4) is 0 Å². The van der Waals surface area contributed by atoms with Gasteiger partial charge in [-0.3, -0.25) is 0 Å². The molecule has 7 nitrogen and oxygen atoms in total. The van der Waals surface area contributed by atoms with Gasteiger partial charge in [0.1, 0.15) is 0 Å². The summed E-state index contributed by atoms with van der Waals surface area (Å²) in [6.45, 7) is -0.398. The Morgan fingerprint density at radius 2 is 2.26 bits per heavy atom. The predicted molar refractivity (Wildman–Crippen MR) is 64.8 cm³/mol. The van der Waals surface area contributed by atoms with Gasteiger partial charge in [0.2, 0.25) is 10.0 Å². The third-order valence-electron chi connectivity index (χ3n) is 2.29. The van der Waals surface area contributed by atoms with Gasteiger partial charge in [0.25, 0.3) is 0 Å². The van der Waals surface area contributed by atoms with Crippen molar-refractivity contribution in [3.8, 4) is 6.07 Å². The summed E-state index contributed by atoms with van der Waals surface area (Å²) >= 11 is 0. The molecule has 1 atom stereocenters. The van der Waals surface area contributed by atoms with Crippen LogP contribution in [-0.4, -0.2) is 39.3 Å². The summed E-state index contributed by atoms with van der Waals surface area (Å²) in [6.07, 6.45) is -1.27. The van der Waals surface area contributed by atoms with Gasteiger partial charge in [-0.15, -0.1) is 0 Å². The van der Waals surface area contributed by atoms with E-state index in [2.05, 4.69) is 9.46 Å². The summed E-state index contributed by atoms with van der Waals surface area (Å²) in [5.41, 5.74) is 0.199. The number of rotatable bonds is 6. The fraction of sp³-hybridized carbons (Fsp3) is 0.273. The highest BCUT2D eigenvalue weighted by Crippen LogP contribution is 2.10. The molecular weight excluding hydrogens is 272 g/mol. The van der Waals surface area contributed by atoms with Gasteiger partial charge in [0, 0.05) is 13.7 Å². The van der Waals surface area contributed by atoms with Crippen LogP contribution in [0, 0.1) is 11.3 Å². The van der Waals surface area contributed by atoms with Gasteiger partial charge < -0.3 is 9.84 Å². The van der Waals surface area contributed by atoms with Crippen molar-refractivity contribution in [1.29, 1.82) is 5.26 Å². The molecule has 0 aliphatic heterocycles. The van der Waals surface area contributed by atoms with Crippen LogP contribution in [0.25, 0.3) is 0 Å². The maximum atomic E-state index is 11.9. The summed E-state index contributed by atoms with van der Waals surface area (Å²) in [4.78, 5) is 10.6. The van der Waals surface area contributed by atoms with Gasteiger partial charge in [0.15, 0.2) is 6.10 Å². The van der Waals surface area contributed by atoms with E-state index in [1.165, 1.54) is 31.4 Å². The second-order valence-electron chi connectivity index (χ2n) is 3.55. The van der Waals surface area contributed by atoms with Crippen molar-refractivity contribution in [3.05, 3.63) is 29.8 Å². The third-order valence-corrected chi connectivity index (χ3v) is 3.71. The van der Waals surface area contributed by atoms with Crippen molar-refractivity contribution in [1.82, 2.24) is 4.72 Å². The lowest BCUT2D eigenvalue weighted by Crippen LogP contribution is -2.37.